The van der Waals surface area contributed by atoms with Crippen molar-refractivity contribution in [2.24, 2.45) is 52.0 Å². The molecule has 130 heavy (non-hydrogen) atoms. The summed E-state index contributed by atoms with van der Waals surface area (Å²) in [7, 11) is 2.83. The monoisotopic (exact) mass is 1850 g/mol. The second-order valence-corrected chi connectivity index (χ2v) is 34.2. The van der Waals surface area contributed by atoms with Crippen molar-refractivity contribution >= 4 is 135 Å². The van der Waals surface area contributed by atoms with Crippen molar-refractivity contribution in [2.45, 2.75) is 181 Å². The number of H-pyrrole nitrogens is 1. The number of guanidine groups is 2. The number of phenols is 1. The number of phenolic OH excluding ortho intramolecular Hbond substituents is 1. The molecule has 0 saturated carbocycles. The third kappa shape index (κ3) is 28.8. The van der Waals surface area contributed by atoms with Crippen molar-refractivity contribution in [3.05, 3.63) is 101 Å². The predicted octanol–water partition coefficient (Wildman–Crippen LogP) is -0.482. The predicted molar refractivity (Wildman–Crippen MR) is 488 cm³/mol. The van der Waals surface area contributed by atoms with Gasteiger partial charge in [0, 0.05) is 97.9 Å². The van der Waals surface area contributed by atoms with Crippen molar-refractivity contribution < 1.29 is 91.1 Å². The Balaban J connectivity index is 0.784. The first-order chi connectivity index (χ1) is 62.5. The molecule has 1 unspecified atom stereocenters. The van der Waals surface area contributed by atoms with Crippen LogP contribution in [0.25, 0.3) is 10.9 Å². The number of hydrogen-bond donors (Lipinski definition) is 23. The summed E-state index contributed by atoms with van der Waals surface area (Å²) in [5.41, 5.74) is 45.1. The molecule has 9 rings (SSSR count). The van der Waals surface area contributed by atoms with E-state index in [1.165, 1.54) is 26.0 Å². The number of primary amides is 1. The van der Waals surface area contributed by atoms with E-state index in [1.807, 2.05) is 30.3 Å². The minimum atomic E-state index is -1.43. The molecule has 4 aliphatic rings. The molecule has 5 aromatic rings. The Kier molecular flexibility index (Phi) is 39.4. The molecule has 30 N–H and O–H groups in total. The van der Waals surface area contributed by atoms with Crippen molar-refractivity contribution in [2.75, 3.05) is 102 Å². The highest BCUT2D eigenvalue weighted by Gasteiger charge is 2.53. The Bertz CT molecular complexity index is 4790. The van der Waals surface area contributed by atoms with Gasteiger partial charge in [-0.3, -0.25) is 78.0 Å². The van der Waals surface area contributed by atoms with Crippen molar-refractivity contribution in [1.82, 2.24) is 63.1 Å². The maximum Gasteiger partial charge on any atom is 0.310 e. The number of rotatable bonds is 55. The molecular formula is C86H123N23O19S2. The molecule has 3 aliphatic heterocycles. The lowest BCUT2D eigenvalue weighted by Crippen LogP contribution is -2.60. The Morgan fingerprint density at radius 2 is 1.09 bits per heavy atom. The fraction of sp³-hybridized carbons (Fsp3) is 0.523. The molecule has 1 aliphatic carbocycles. The average Bonchev–Trinajstić information content (AvgIpc) is 1.48. The third-order valence-corrected chi connectivity index (χ3v) is 24.7. The molecule has 4 aromatic carbocycles. The number of methoxy groups -OCH3 is 2. The van der Waals surface area contributed by atoms with Crippen LogP contribution in [0.2, 0.25) is 0 Å². The molecule has 0 spiro atoms. The maximum atomic E-state index is 14.9. The van der Waals surface area contributed by atoms with E-state index in [2.05, 4.69) is 68.8 Å². The summed E-state index contributed by atoms with van der Waals surface area (Å²) in [6.07, 6.45) is 5.48. The number of amides is 12. The van der Waals surface area contributed by atoms with Crippen LogP contribution < -0.4 is 123 Å². The van der Waals surface area contributed by atoms with Crippen LogP contribution in [0, 0.1) is 22.7 Å². The van der Waals surface area contributed by atoms with E-state index in [1.54, 1.807) is 54.9 Å². The fourth-order valence-corrected chi connectivity index (χ4v) is 17.5. The number of esters is 1. The van der Waals surface area contributed by atoms with E-state index < -0.39 is 161 Å². The molecule has 0 radical (unpaired) electrons. The van der Waals surface area contributed by atoms with Crippen molar-refractivity contribution in [3.63, 3.8) is 0 Å². The standard InChI is InChI=1S/C86H123N23O19S2/c1-124-65-37-46(38-66(125-2)74(65)113)71-51-39-63-64(128-45-127-63)40-52(51)73(53-43-126-84(123)72(53)71)101-49-23-21-48(22-24-49)100-69(111)26-34-109-70(112)41-67(83(109)122)130-44-54(90)76(115)96-33-25-68(110)102-57(19-12-31-97-85(92)93)77(116)105-60(20-13-32-98-86(94)95)79(118)107-61(27-35-129-3)81(120)104-59(18-8-11-30-89)80(119)108-62(36-47-42-99-55-15-5-4-14-50(47)55)82(121)106-58(17-7-10-29-88)78(117)103-56(75(91)114)16-6-9-28-87/h4-5,14-15,21-24,37-40,42,53-54,56-62,67,71-73,99,101,113H,6-13,16-20,25-36,41,43-45,87-90H2,1-3H3,(H2,91,114)(H,96,115)(H,100,111)(H,102,110)(H,103,117)(H,104,120)(H,105,116)(H,106,121)(H,107,118)(H,108,119)(H4,92,93,97)(H4,94,95,98)/t53-,54-,56-,57-,58-,59-,60-,61-,62-,67?,71+,72-,73+/m0/s1. The Morgan fingerprint density at radius 1 is 0.585 bits per heavy atom. The highest BCUT2D eigenvalue weighted by molar-refractivity contribution is 8.00. The first kappa shape index (κ1) is 101. The number of cyclic esters (lactones) is 1. The van der Waals surface area contributed by atoms with Crippen LogP contribution in [0.3, 0.4) is 0 Å². The number of unbranched alkanes of at least 4 members (excludes halogenated alkanes) is 3. The molecule has 4 heterocycles. The molecule has 708 valence electrons. The summed E-state index contributed by atoms with van der Waals surface area (Å²) in [5, 5.41) is 59.5. The van der Waals surface area contributed by atoms with Gasteiger partial charge in [0.15, 0.2) is 34.9 Å². The van der Waals surface area contributed by atoms with Gasteiger partial charge in [-0.25, -0.2) is 0 Å². The smallest absolute Gasteiger partial charge is 0.310 e. The number of fused-ring (bicyclic) bond motifs is 4. The zero-order chi connectivity index (χ0) is 94.1. The number of nitrogens with one attached hydrogen (secondary N) is 15. The highest BCUT2D eigenvalue weighted by Crippen LogP contribution is 2.56. The number of carbonyl (C=O) groups excluding carboxylic acids is 13. The molecule has 2 saturated heterocycles. The Labute approximate surface area is 760 Å². The van der Waals surface area contributed by atoms with Crippen LogP contribution in [0.5, 0.6) is 28.7 Å². The first-order valence-electron chi connectivity index (χ1n) is 43.4. The molecule has 42 nitrogen and oxygen atoms in total. The number of para-hydroxylation sites is 1. The number of nitrogens with zero attached hydrogens (tertiary/aromatic N) is 1. The van der Waals surface area contributed by atoms with Gasteiger partial charge in [0.1, 0.15) is 42.3 Å². The van der Waals surface area contributed by atoms with Gasteiger partial charge in [-0.15, -0.1) is 11.8 Å². The highest BCUT2D eigenvalue weighted by atomic mass is 32.2. The number of hydrogen-bond acceptors (Lipinski definition) is 28. The number of benzene rings is 4. The third-order valence-electron chi connectivity index (χ3n) is 22.8. The number of nitrogens with two attached hydrogens (primary N) is 7. The van der Waals surface area contributed by atoms with Gasteiger partial charge in [-0.05, 0) is 198 Å². The second-order valence-electron chi connectivity index (χ2n) is 32.0. The number of anilines is 2. The van der Waals surface area contributed by atoms with E-state index in [0.717, 1.165) is 38.7 Å². The largest absolute Gasteiger partial charge is 0.502 e. The molecule has 0 bridgehead atoms. The molecular weight excluding hydrogens is 1720 g/mol. The first-order valence-corrected chi connectivity index (χ1v) is 45.8. The topological polar surface area (TPSA) is 682 Å². The summed E-state index contributed by atoms with van der Waals surface area (Å²) < 4.78 is 28.4. The van der Waals surface area contributed by atoms with Gasteiger partial charge in [0.05, 0.1) is 44.1 Å². The van der Waals surface area contributed by atoms with Crippen LogP contribution in [0.1, 0.15) is 143 Å². The number of aromatic nitrogens is 1. The fourth-order valence-electron chi connectivity index (χ4n) is 15.9. The SMILES string of the molecule is COc1cc([C@@H]2c3cc4c(cc3[C@@H](Nc3ccc(NC(=O)CCN5C(=O)CC(SC[C@H](N)C(=O)NCCC(=O)N[C@@H](CCCNC(=N)N)C(=O)N[C@@H](CCCNC(=N)N)C(=O)N[C@@H](CCSC)C(=O)N[C@@H](CCCCN)C(=O)N[C@@H](Cc6c[nH]c7ccccc67)C(=O)N[C@@H](CCCCN)C(=O)N[C@@H](CCCCN)C(N)=O)C5=O)cc3)[C@H]3COC(=O)[C@H]23)OCO4)cc(OC)c1O. The minimum absolute atomic E-state index is 0.000164. The zero-order valence-corrected chi connectivity index (χ0v) is 74.8. The van der Waals surface area contributed by atoms with E-state index >= 15 is 0 Å². The van der Waals surface area contributed by atoms with Gasteiger partial charge in [-0.1, -0.05) is 18.2 Å². The number of carbonyl (C=O) groups is 13. The van der Waals surface area contributed by atoms with Crippen LogP contribution in [0.15, 0.2) is 79.0 Å². The number of ether oxygens (including phenoxy) is 5. The van der Waals surface area contributed by atoms with E-state index in [0.29, 0.717) is 84.8 Å². The minimum Gasteiger partial charge on any atom is -0.502 e. The van der Waals surface area contributed by atoms with Crippen LogP contribution in [-0.2, 0) is 73.5 Å². The number of thioether (sulfide) groups is 2. The number of aromatic amines is 1. The second kappa shape index (κ2) is 50.5. The summed E-state index contributed by atoms with van der Waals surface area (Å²) >= 11 is 2.31. The number of aromatic hydroxyl groups is 1. The lowest BCUT2D eigenvalue weighted by Gasteiger charge is -2.40. The van der Waals surface area contributed by atoms with Crippen molar-refractivity contribution in [1.29, 1.82) is 10.8 Å². The van der Waals surface area contributed by atoms with Gasteiger partial charge in [-0.2, -0.15) is 11.8 Å². The van der Waals surface area contributed by atoms with E-state index in [9.17, 15) is 67.4 Å². The lowest BCUT2D eigenvalue weighted by molar-refractivity contribution is -0.142. The molecule has 2 fully saturated rings. The Morgan fingerprint density at radius 3 is 1.64 bits per heavy atom. The molecule has 12 amide bonds. The number of likely N-dealkylation sites (tertiary alicyclic amines) is 1. The van der Waals surface area contributed by atoms with E-state index in [-0.39, 0.29) is 158 Å². The molecule has 13 atom stereocenters. The summed E-state index contributed by atoms with van der Waals surface area (Å²) in [5.74, 6) is -10.2. The van der Waals surface area contributed by atoms with Crippen LogP contribution in [-0.4, -0.2) is 249 Å². The molecule has 44 heteroatoms. The van der Waals surface area contributed by atoms with Gasteiger partial charge in [0.25, 0.3) is 0 Å². The number of imide groups is 1. The lowest BCUT2D eigenvalue weighted by atomic mass is 9.65. The summed E-state index contributed by atoms with van der Waals surface area (Å²) in [4.78, 5) is 186. The Hall–Kier alpha value is -12.4. The van der Waals surface area contributed by atoms with Gasteiger partial charge < -0.3 is 138 Å². The van der Waals surface area contributed by atoms with Crippen LogP contribution in [0.4, 0.5) is 11.4 Å². The quantitative estimate of drug-likeness (QED) is 0.00768. The molecule has 1 aromatic heterocycles. The average molecular weight is 1850 g/mol. The maximum absolute atomic E-state index is 14.9. The van der Waals surface area contributed by atoms with Gasteiger partial charge in [0.2, 0.25) is 83.4 Å². The summed E-state index contributed by atoms with van der Waals surface area (Å²) in [6.45, 7) is 0.549. The normalized spacial score (nSPS) is 17.7. The summed E-state index contributed by atoms with van der Waals surface area (Å²) in [6, 6.07) is 10.3. The van der Waals surface area contributed by atoms with E-state index in [4.69, 9.17) is 74.6 Å². The zero-order valence-electron chi connectivity index (χ0n) is 73.1. The van der Waals surface area contributed by atoms with Gasteiger partial charge >= 0.3 is 5.97 Å². The van der Waals surface area contributed by atoms with Crippen LogP contribution >= 0.6 is 23.5 Å². The van der Waals surface area contributed by atoms with Crippen molar-refractivity contribution in [3.8, 4) is 28.7 Å².